The van der Waals surface area contributed by atoms with Crippen LogP contribution in [0.15, 0.2) is 18.3 Å². The number of carbonyl (C=O) groups excluding carboxylic acids is 1. The molecule has 5 heteroatoms. The van der Waals surface area contributed by atoms with E-state index in [4.69, 9.17) is 11.6 Å². The SMILES string of the molecule is COC(=O)c1cc[n+]([O-])c(Cl)c1. The van der Waals surface area contributed by atoms with Crippen molar-refractivity contribution >= 4 is 17.6 Å². The Bertz CT molecular complexity index is 314. The Morgan fingerprint density at radius 3 is 2.92 bits per heavy atom. The van der Waals surface area contributed by atoms with E-state index in [9.17, 15) is 10.0 Å². The zero-order chi connectivity index (χ0) is 9.14. The maximum atomic E-state index is 10.9. The van der Waals surface area contributed by atoms with Gasteiger partial charge in [-0.25, -0.2) is 4.79 Å². The Hall–Kier alpha value is -1.29. The second kappa shape index (κ2) is 3.40. The molecule has 1 rings (SSSR count). The van der Waals surface area contributed by atoms with Gasteiger partial charge in [0.25, 0.3) is 5.15 Å². The smallest absolute Gasteiger partial charge is 0.338 e. The fourth-order valence-corrected chi connectivity index (χ4v) is 0.878. The van der Waals surface area contributed by atoms with E-state index < -0.39 is 5.97 Å². The largest absolute Gasteiger partial charge is 0.618 e. The second-order valence-corrected chi connectivity index (χ2v) is 2.44. The van der Waals surface area contributed by atoms with Crippen LogP contribution in [0.2, 0.25) is 5.15 Å². The zero-order valence-corrected chi connectivity index (χ0v) is 7.04. The molecule has 1 aromatic heterocycles. The Morgan fingerprint density at radius 2 is 2.42 bits per heavy atom. The van der Waals surface area contributed by atoms with Crippen LogP contribution in [0.4, 0.5) is 0 Å². The maximum Gasteiger partial charge on any atom is 0.338 e. The van der Waals surface area contributed by atoms with Crippen molar-refractivity contribution < 1.29 is 14.3 Å². The Balaban J connectivity index is 3.05. The number of carbonyl (C=O) groups is 1. The summed E-state index contributed by atoms with van der Waals surface area (Å²) < 4.78 is 4.87. The summed E-state index contributed by atoms with van der Waals surface area (Å²) in [6.07, 6.45) is 1.15. The number of nitrogens with zero attached hydrogens (tertiary/aromatic N) is 1. The number of rotatable bonds is 1. The van der Waals surface area contributed by atoms with Crippen LogP contribution in [-0.4, -0.2) is 13.1 Å². The van der Waals surface area contributed by atoms with E-state index in [1.807, 2.05) is 0 Å². The summed E-state index contributed by atoms with van der Waals surface area (Å²) in [6.45, 7) is 0. The molecule has 0 saturated carbocycles. The predicted octanol–water partition coefficient (Wildman–Crippen LogP) is 0.760. The van der Waals surface area contributed by atoms with Gasteiger partial charge < -0.3 is 9.94 Å². The van der Waals surface area contributed by atoms with Crippen molar-refractivity contribution in [1.29, 1.82) is 0 Å². The molecule has 0 N–H and O–H groups in total. The minimum atomic E-state index is -0.516. The normalized spacial score (nSPS) is 9.50. The predicted molar refractivity (Wildman–Crippen MR) is 41.8 cm³/mol. The number of hydrogen-bond acceptors (Lipinski definition) is 3. The minimum Gasteiger partial charge on any atom is -0.618 e. The molecular formula is C7H6ClNO3. The van der Waals surface area contributed by atoms with Crippen molar-refractivity contribution in [3.8, 4) is 0 Å². The molecule has 4 nitrogen and oxygen atoms in total. The van der Waals surface area contributed by atoms with Crippen LogP contribution in [0.25, 0.3) is 0 Å². The molecule has 0 aliphatic heterocycles. The van der Waals surface area contributed by atoms with Gasteiger partial charge in [-0.05, 0) is 11.6 Å². The fraction of sp³-hybridized carbons (Fsp3) is 0.143. The lowest BCUT2D eigenvalue weighted by Gasteiger charge is -2.00. The quantitative estimate of drug-likeness (QED) is 0.282. The molecule has 0 aliphatic rings. The van der Waals surface area contributed by atoms with Crippen LogP contribution >= 0.6 is 11.6 Å². The molecule has 12 heavy (non-hydrogen) atoms. The van der Waals surface area contributed by atoms with E-state index in [0.717, 1.165) is 6.20 Å². The molecule has 0 radical (unpaired) electrons. The summed E-state index contributed by atoms with van der Waals surface area (Å²) >= 11 is 5.46. The van der Waals surface area contributed by atoms with Crippen molar-refractivity contribution in [2.75, 3.05) is 7.11 Å². The Kier molecular flexibility index (Phi) is 2.50. The summed E-state index contributed by atoms with van der Waals surface area (Å²) in [6, 6.07) is 2.59. The van der Waals surface area contributed by atoms with E-state index in [1.54, 1.807) is 0 Å². The molecule has 0 aromatic carbocycles. The highest BCUT2D eigenvalue weighted by Crippen LogP contribution is 2.05. The molecule has 1 heterocycles. The first-order chi connectivity index (χ1) is 5.65. The molecule has 0 amide bonds. The first kappa shape index (κ1) is 8.80. The topological polar surface area (TPSA) is 53.2 Å². The average Bonchev–Trinajstić information content (AvgIpc) is 2.08. The molecule has 0 unspecified atom stereocenters. The van der Waals surface area contributed by atoms with Gasteiger partial charge in [-0.15, -0.1) is 0 Å². The monoisotopic (exact) mass is 187 g/mol. The van der Waals surface area contributed by atoms with Gasteiger partial charge >= 0.3 is 5.97 Å². The number of hydrogen-bond donors (Lipinski definition) is 0. The van der Waals surface area contributed by atoms with Gasteiger partial charge in [0.15, 0.2) is 6.20 Å². The van der Waals surface area contributed by atoms with Crippen molar-refractivity contribution in [2.45, 2.75) is 0 Å². The third kappa shape index (κ3) is 1.65. The molecular weight excluding hydrogens is 182 g/mol. The van der Waals surface area contributed by atoms with Gasteiger partial charge in [-0.1, -0.05) is 0 Å². The van der Waals surface area contributed by atoms with Gasteiger partial charge in [0, 0.05) is 12.1 Å². The number of halogens is 1. The van der Waals surface area contributed by atoms with Crippen LogP contribution in [0.5, 0.6) is 0 Å². The van der Waals surface area contributed by atoms with Crippen LogP contribution in [-0.2, 0) is 4.74 Å². The molecule has 0 fully saturated rings. The molecule has 1 aromatic rings. The van der Waals surface area contributed by atoms with Crippen molar-refractivity contribution in [3.63, 3.8) is 0 Å². The average molecular weight is 188 g/mol. The lowest BCUT2D eigenvalue weighted by Crippen LogP contribution is -2.27. The van der Waals surface area contributed by atoms with E-state index in [0.29, 0.717) is 4.73 Å². The lowest BCUT2D eigenvalue weighted by molar-refractivity contribution is -0.603. The summed E-state index contributed by atoms with van der Waals surface area (Å²) in [5.74, 6) is -0.516. The fourth-order valence-electron chi connectivity index (χ4n) is 0.704. The molecule has 0 bridgehead atoms. The van der Waals surface area contributed by atoms with E-state index in [-0.39, 0.29) is 10.7 Å². The molecule has 0 spiro atoms. The summed E-state index contributed by atoms with van der Waals surface area (Å²) in [5.41, 5.74) is 0.259. The number of esters is 1. The summed E-state index contributed by atoms with van der Waals surface area (Å²) in [7, 11) is 1.26. The molecule has 0 atom stereocenters. The van der Waals surface area contributed by atoms with E-state index in [2.05, 4.69) is 4.74 Å². The van der Waals surface area contributed by atoms with Gasteiger partial charge in [0.1, 0.15) is 0 Å². The molecule has 64 valence electrons. The Labute approximate surface area is 73.9 Å². The highest BCUT2D eigenvalue weighted by molar-refractivity contribution is 6.28. The van der Waals surface area contributed by atoms with Gasteiger partial charge in [-0.3, -0.25) is 0 Å². The number of ether oxygens (including phenoxy) is 1. The number of methoxy groups -OCH3 is 1. The van der Waals surface area contributed by atoms with Crippen molar-refractivity contribution in [2.24, 2.45) is 0 Å². The van der Waals surface area contributed by atoms with E-state index in [1.165, 1.54) is 19.2 Å². The lowest BCUT2D eigenvalue weighted by atomic mass is 10.3. The highest BCUT2D eigenvalue weighted by Gasteiger charge is 2.09. The first-order valence-corrected chi connectivity index (χ1v) is 3.50. The number of aromatic nitrogens is 1. The summed E-state index contributed by atoms with van der Waals surface area (Å²) in [4.78, 5) is 10.9. The van der Waals surface area contributed by atoms with Crippen LogP contribution < -0.4 is 4.73 Å². The zero-order valence-electron chi connectivity index (χ0n) is 6.28. The highest BCUT2D eigenvalue weighted by atomic mass is 35.5. The number of pyridine rings is 1. The van der Waals surface area contributed by atoms with Crippen molar-refractivity contribution in [1.82, 2.24) is 0 Å². The van der Waals surface area contributed by atoms with Gasteiger partial charge in [-0.2, -0.15) is 4.73 Å². The van der Waals surface area contributed by atoms with Crippen LogP contribution in [0.1, 0.15) is 10.4 Å². The van der Waals surface area contributed by atoms with E-state index >= 15 is 0 Å². The van der Waals surface area contributed by atoms with Crippen LogP contribution in [0, 0.1) is 5.21 Å². The molecule has 0 saturated heterocycles. The minimum absolute atomic E-state index is 0.0575. The van der Waals surface area contributed by atoms with Crippen molar-refractivity contribution in [3.05, 3.63) is 34.3 Å². The molecule has 0 aliphatic carbocycles. The van der Waals surface area contributed by atoms with Crippen LogP contribution in [0.3, 0.4) is 0 Å². The summed E-state index contributed by atoms with van der Waals surface area (Å²) in [5, 5.41) is 10.7. The standard InChI is InChI=1S/C7H6ClNO3/c1-12-7(10)5-2-3-9(11)6(8)4-5/h2-4H,1H3. The van der Waals surface area contributed by atoms with Gasteiger partial charge in [0.05, 0.1) is 12.7 Å². The van der Waals surface area contributed by atoms with Gasteiger partial charge in [0.2, 0.25) is 0 Å². The Morgan fingerprint density at radius 1 is 1.75 bits per heavy atom. The second-order valence-electron chi connectivity index (χ2n) is 2.06. The first-order valence-electron chi connectivity index (χ1n) is 3.12. The third-order valence-corrected chi connectivity index (χ3v) is 1.57. The third-order valence-electron chi connectivity index (χ3n) is 1.30. The maximum absolute atomic E-state index is 10.9.